The van der Waals surface area contributed by atoms with Crippen LogP contribution in [-0.4, -0.2) is 28.7 Å². The van der Waals surface area contributed by atoms with Crippen LogP contribution in [0, 0.1) is 0 Å². The molecular weight excluding hydrogens is 285 g/mol. The number of hydrogen-bond acceptors (Lipinski definition) is 3. The maximum absolute atomic E-state index is 11.1. The first kappa shape index (κ1) is 12.2. The van der Waals surface area contributed by atoms with Crippen LogP contribution in [0.15, 0.2) is 28.3 Å². The zero-order chi connectivity index (χ0) is 11.5. The Morgan fingerprint density at radius 3 is 2.27 bits per heavy atom. The van der Waals surface area contributed by atoms with Gasteiger partial charge in [0.15, 0.2) is 0 Å². The quantitative estimate of drug-likeness (QED) is 0.561. The standard InChI is InChI=1S/C7H5NOSe.H4N2O2S/c9-10-7-4-2-1-3-6(7)5-8-10;1-5(2,3)4/h1-5H;(H4,1,2,3,4). The summed E-state index contributed by atoms with van der Waals surface area (Å²) < 4.78 is 34.2. The third kappa shape index (κ3) is 4.41. The Labute approximate surface area is 91.5 Å². The molecule has 0 radical (unpaired) electrons. The molecule has 0 spiro atoms. The number of nitrogens with zero attached hydrogens (tertiary/aromatic N) is 1. The molecule has 6 nitrogen and oxygen atoms in total. The van der Waals surface area contributed by atoms with Gasteiger partial charge >= 0.3 is 62.4 Å². The third-order valence-corrected chi connectivity index (χ3v) is 3.59. The molecular formula is C7H9N3O3SSe. The second kappa shape index (κ2) is 4.73. The fourth-order valence-corrected chi connectivity index (χ4v) is 2.67. The Morgan fingerprint density at radius 1 is 1.20 bits per heavy atom. The molecule has 1 heterocycles. The van der Waals surface area contributed by atoms with Gasteiger partial charge in [0.25, 0.3) is 10.2 Å². The summed E-state index contributed by atoms with van der Waals surface area (Å²) in [5.74, 6) is 0. The molecule has 0 amide bonds. The van der Waals surface area contributed by atoms with E-state index in [4.69, 9.17) is 0 Å². The van der Waals surface area contributed by atoms with E-state index in [1.54, 1.807) is 6.21 Å². The van der Waals surface area contributed by atoms with E-state index >= 15 is 0 Å². The van der Waals surface area contributed by atoms with Gasteiger partial charge in [0, 0.05) is 0 Å². The monoisotopic (exact) mass is 295 g/mol. The van der Waals surface area contributed by atoms with Gasteiger partial charge in [-0.25, -0.2) is 10.3 Å². The second-order valence-electron chi connectivity index (χ2n) is 2.61. The van der Waals surface area contributed by atoms with Crippen molar-refractivity contribution in [3.8, 4) is 0 Å². The summed E-state index contributed by atoms with van der Waals surface area (Å²) in [5, 5.41) is 8.21. The van der Waals surface area contributed by atoms with E-state index in [-0.39, 0.29) is 0 Å². The van der Waals surface area contributed by atoms with Crippen molar-refractivity contribution in [2.45, 2.75) is 0 Å². The number of nitrogens with two attached hydrogens (primary N) is 2. The van der Waals surface area contributed by atoms with Crippen molar-refractivity contribution < 1.29 is 12.3 Å². The SMILES string of the molecule is NS(N)(=O)=O.O=[Se]1N=Cc2ccccc21. The van der Waals surface area contributed by atoms with Crippen LogP contribution in [0.25, 0.3) is 0 Å². The van der Waals surface area contributed by atoms with Gasteiger partial charge in [-0.1, -0.05) is 0 Å². The molecule has 0 saturated carbocycles. The topological polar surface area (TPSA) is 116 Å². The molecule has 1 atom stereocenters. The van der Waals surface area contributed by atoms with Gasteiger partial charge in [0.2, 0.25) is 0 Å². The molecule has 0 saturated heterocycles. The molecule has 1 aliphatic heterocycles. The average molecular weight is 294 g/mol. The van der Waals surface area contributed by atoms with Crippen LogP contribution in [-0.2, 0) is 14.0 Å². The molecule has 0 fully saturated rings. The normalized spacial score (nSPS) is 17.9. The zero-order valence-electron chi connectivity index (χ0n) is 7.53. The maximum atomic E-state index is 11.1. The van der Waals surface area contributed by atoms with Crippen LogP contribution in [0.5, 0.6) is 0 Å². The van der Waals surface area contributed by atoms with Crippen molar-refractivity contribution in [2.75, 3.05) is 0 Å². The summed E-state index contributed by atoms with van der Waals surface area (Å²) in [6, 6.07) is 7.62. The van der Waals surface area contributed by atoms with E-state index in [2.05, 4.69) is 14.3 Å². The fourth-order valence-electron chi connectivity index (χ4n) is 0.908. The van der Waals surface area contributed by atoms with E-state index in [0.29, 0.717) is 0 Å². The van der Waals surface area contributed by atoms with Crippen molar-refractivity contribution in [3.05, 3.63) is 29.8 Å². The van der Waals surface area contributed by atoms with Crippen molar-refractivity contribution in [2.24, 2.45) is 14.3 Å². The molecule has 1 aromatic carbocycles. The van der Waals surface area contributed by atoms with Crippen molar-refractivity contribution in [1.82, 2.24) is 0 Å². The molecule has 8 heteroatoms. The molecule has 15 heavy (non-hydrogen) atoms. The van der Waals surface area contributed by atoms with Gasteiger partial charge in [0.1, 0.15) is 0 Å². The van der Waals surface area contributed by atoms with Crippen LogP contribution >= 0.6 is 0 Å². The molecule has 82 valence electrons. The number of fused-ring (bicyclic) bond motifs is 1. The van der Waals surface area contributed by atoms with Gasteiger partial charge in [0.05, 0.1) is 0 Å². The number of hydrogen-bond donors (Lipinski definition) is 2. The second-order valence-corrected chi connectivity index (χ2v) is 6.20. The molecule has 4 N–H and O–H groups in total. The van der Waals surface area contributed by atoms with Crippen molar-refractivity contribution in [3.63, 3.8) is 0 Å². The summed E-state index contributed by atoms with van der Waals surface area (Å²) in [7, 11) is -3.67. The fraction of sp³-hybridized carbons (Fsp3) is 0. The molecule has 0 aliphatic carbocycles. The van der Waals surface area contributed by atoms with Crippen LogP contribution < -0.4 is 14.7 Å². The minimum absolute atomic E-state index is 0.919. The summed E-state index contributed by atoms with van der Waals surface area (Å²) in [6.07, 6.45) is 1.69. The number of rotatable bonds is 0. The summed E-state index contributed by atoms with van der Waals surface area (Å²) in [6.45, 7) is 0. The Bertz CT molecular complexity index is 504. The molecule has 0 aromatic heterocycles. The van der Waals surface area contributed by atoms with E-state index < -0.39 is 24.3 Å². The third-order valence-electron chi connectivity index (χ3n) is 1.39. The molecule has 0 bridgehead atoms. The van der Waals surface area contributed by atoms with Crippen LogP contribution in [0.4, 0.5) is 0 Å². The van der Waals surface area contributed by atoms with Crippen molar-refractivity contribution >= 4 is 34.9 Å². The first-order chi connectivity index (χ1) is 6.88. The molecule has 1 aromatic rings. The van der Waals surface area contributed by atoms with E-state index in [1.807, 2.05) is 24.3 Å². The molecule has 1 unspecified atom stereocenters. The summed E-state index contributed by atoms with van der Waals surface area (Å²) in [5.41, 5.74) is 1.02. The van der Waals surface area contributed by atoms with Gasteiger partial charge in [-0.3, -0.25) is 0 Å². The predicted octanol–water partition coefficient (Wildman–Crippen LogP) is -1.61. The molecule has 2 rings (SSSR count). The van der Waals surface area contributed by atoms with E-state index in [1.165, 1.54) is 0 Å². The Balaban J connectivity index is 0.000000195. The van der Waals surface area contributed by atoms with Crippen LogP contribution in [0.3, 0.4) is 0 Å². The summed E-state index contributed by atoms with van der Waals surface area (Å²) in [4.78, 5) is 0. The Kier molecular flexibility index (Phi) is 3.83. The van der Waals surface area contributed by atoms with Crippen molar-refractivity contribution in [1.29, 1.82) is 0 Å². The Hall–Kier alpha value is -0.921. The first-order valence-corrected chi connectivity index (χ1v) is 7.66. The first-order valence-electron chi connectivity index (χ1n) is 3.73. The Morgan fingerprint density at radius 2 is 1.73 bits per heavy atom. The van der Waals surface area contributed by atoms with E-state index in [0.717, 1.165) is 10.0 Å². The van der Waals surface area contributed by atoms with Gasteiger partial charge in [-0.15, -0.1) is 0 Å². The van der Waals surface area contributed by atoms with Crippen LogP contribution in [0.1, 0.15) is 5.56 Å². The van der Waals surface area contributed by atoms with Gasteiger partial charge in [-0.05, 0) is 0 Å². The minimum atomic E-state index is -3.67. The van der Waals surface area contributed by atoms with Crippen LogP contribution in [0.2, 0.25) is 0 Å². The zero-order valence-corrected chi connectivity index (χ0v) is 10.1. The number of benzene rings is 1. The van der Waals surface area contributed by atoms with E-state index in [9.17, 15) is 12.3 Å². The van der Waals surface area contributed by atoms with Gasteiger partial charge in [-0.2, -0.15) is 8.42 Å². The summed E-state index contributed by atoms with van der Waals surface area (Å²) >= 11 is -2.00. The predicted molar refractivity (Wildman–Crippen MR) is 57.4 cm³/mol. The molecule has 1 aliphatic rings. The van der Waals surface area contributed by atoms with Gasteiger partial charge < -0.3 is 0 Å². The average Bonchev–Trinajstić information content (AvgIpc) is 2.46.